The lowest BCUT2D eigenvalue weighted by Crippen LogP contribution is -2.33. The largest absolute Gasteiger partial charge is 0.399 e. The van der Waals surface area contributed by atoms with Gasteiger partial charge in [-0.2, -0.15) is 0 Å². The molecule has 0 aliphatic rings. The second kappa shape index (κ2) is 7.42. The fraction of sp³-hybridized carbons (Fsp3) is 0.625. The van der Waals surface area contributed by atoms with Crippen LogP contribution in [0.2, 0.25) is 0 Å². The van der Waals surface area contributed by atoms with Crippen LogP contribution in [0.15, 0.2) is 18.2 Å². The van der Waals surface area contributed by atoms with Crippen molar-refractivity contribution in [1.29, 1.82) is 0 Å². The van der Waals surface area contributed by atoms with Gasteiger partial charge in [0.05, 0.1) is 0 Å². The SMILES string of the molecule is CCCCN(Cc1ccc(N)c(C)c1)C(C)CC. The maximum absolute atomic E-state index is 5.87. The second-order valence-electron chi connectivity index (χ2n) is 5.27. The van der Waals surface area contributed by atoms with E-state index in [0.29, 0.717) is 6.04 Å². The monoisotopic (exact) mass is 248 g/mol. The Bertz CT molecular complexity index is 360. The van der Waals surface area contributed by atoms with Gasteiger partial charge in [0.25, 0.3) is 0 Å². The molecule has 0 aromatic heterocycles. The van der Waals surface area contributed by atoms with Crippen molar-refractivity contribution in [3.05, 3.63) is 29.3 Å². The van der Waals surface area contributed by atoms with Gasteiger partial charge in [-0.05, 0) is 50.4 Å². The smallest absolute Gasteiger partial charge is 0.0343 e. The molecule has 2 heteroatoms. The Morgan fingerprint density at radius 3 is 2.56 bits per heavy atom. The van der Waals surface area contributed by atoms with Gasteiger partial charge < -0.3 is 5.73 Å². The predicted molar refractivity (Wildman–Crippen MR) is 80.7 cm³/mol. The van der Waals surface area contributed by atoms with Crippen LogP contribution >= 0.6 is 0 Å². The Morgan fingerprint density at radius 1 is 1.28 bits per heavy atom. The minimum atomic E-state index is 0.648. The standard InChI is InChI=1S/C16H28N2/c1-5-7-10-18(14(4)6-2)12-15-8-9-16(17)13(3)11-15/h8-9,11,14H,5-7,10,12,17H2,1-4H3. The summed E-state index contributed by atoms with van der Waals surface area (Å²) in [5.74, 6) is 0. The Morgan fingerprint density at radius 2 is 2.00 bits per heavy atom. The van der Waals surface area contributed by atoms with Crippen LogP contribution in [0.3, 0.4) is 0 Å². The van der Waals surface area contributed by atoms with Crippen LogP contribution in [0.5, 0.6) is 0 Å². The lowest BCUT2D eigenvalue weighted by molar-refractivity contribution is 0.192. The number of nitrogen functional groups attached to an aromatic ring is 1. The highest BCUT2D eigenvalue weighted by Gasteiger charge is 2.12. The average molecular weight is 248 g/mol. The van der Waals surface area contributed by atoms with E-state index in [-0.39, 0.29) is 0 Å². The molecule has 0 aliphatic heterocycles. The van der Waals surface area contributed by atoms with Crippen LogP contribution < -0.4 is 5.73 Å². The van der Waals surface area contributed by atoms with Crippen LogP contribution in [0.1, 0.15) is 51.2 Å². The highest BCUT2D eigenvalue weighted by Crippen LogP contribution is 2.16. The highest BCUT2D eigenvalue weighted by molar-refractivity contribution is 5.47. The zero-order valence-electron chi connectivity index (χ0n) is 12.4. The van der Waals surface area contributed by atoms with Crippen molar-refractivity contribution in [1.82, 2.24) is 4.90 Å². The lowest BCUT2D eigenvalue weighted by atomic mass is 10.1. The molecule has 0 fully saturated rings. The maximum atomic E-state index is 5.87. The summed E-state index contributed by atoms with van der Waals surface area (Å²) in [5.41, 5.74) is 9.32. The molecule has 0 heterocycles. The highest BCUT2D eigenvalue weighted by atomic mass is 15.1. The van der Waals surface area contributed by atoms with E-state index < -0.39 is 0 Å². The third-order valence-corrected chi connectivity index (χ3v) is 3.73. The summed E-state index contributed by atoms with van der Waals surface area (Å²) in [6.45, 7) is 11.1. The Kier molecular flexibility index (Phi) is 6.20. The zero-order valence-corrected chi connectivity index (χ0v) is 12.4. The van der Waals surface area contributed by atoms with E-state index in [4.69, 9.17) is 5.73 Å². The molecule has 1 unspecified atom stereocenters. The summed E-state index contributed by atoms with van der Waals surface area (Å²) < 4.78 is 0. The predicted octanol–water partition coefficient (Wildman–Crippen LogP) is 3.98. The maximum Gasteiger partial charge on any atom is 0.0343 e. The average Bonchev–Trinajstić information content (AvgIpc) is 2.37. The van der Waals surface area contributed by atoms with E-state index in [1.54, 1.807) is 0 Å². The number of aryl methyl sites for hydroxylation is 1. The van der Waals surface area contributed by atoms with Gasteiger partial charge in [-0.3, -0.25) is 4.90 Å². The van der Waals surface area contributed by atoms with E-state index in [1.807, 2.05) is 6.07 Å². The van der Waals surface area contributed by atoms with Gasteiger partial charge >= 0.3 is 0 Å². The van der Waals surface area contributed by atoms with E-state index in [0.717, 1.165) is 12.2 Å². The van der Waals surface area contributed by atoms with Gasteiger partial charge in [-0.25, -0.2) is 0 Å². The first-order valence-corrected chi connectivity index (χ1v) is 7.17. The van der Waals surface area contributed by atoms with Gasteiger partial charge in [-0.1, -0.05) is 32.4 Å². The van der Waals surface area contributed by atoms with Crippen molar-refractivity contribution in [2.75, 3.05) is 12.3 Å². The number of anilines is 1. The number of benzene rings is 1. The van der Waals surface area contributed by atoms with Crippen molar-refractivity contribution >= 4 is 5.69 Å². The molecule has 2 nitrogen and oxygen atoms in total. The van der Waals surface area contributed by atoms with E-state index >= 15 is 0 Å². The molecule has 1 aromatic carbocycles. The van der Waals surface area contributed by atoms with E-state index in [2.05, 4.69) is 44.7 Å². The van der Waals surface area contributed by atoms with E-state index in [9.17, 15) is 0 Å². The van der Waals surface area contributed by atoms with Crippen LogP contribution in [-0.4, -0.2) is 17.5 Å². The quantitative estimate of drug-likeness (QED) is 0.740. The van der Waals surface area contributed by atoms with Crippen molar-refractivity contribution in [2.24, 2.45) is 0 Å². The Hall–Kier alpha value is -1.02. The molecule has 102 valence electrons. The molecule has 18 heavy (non-hydrogen) atoms. The number of nitrogens with two attached hydrogens (primary N) is 1. The van der Waals surface area contributed by atoms with E-state index in [1.165, 1.54) is 36.9 Å². The molecular formula is C16H28N2. The Labute approximate surface area is 112 Å². The number of nitrogens with zero attached hydrogens (tertiary/aromatic N) is 1. The van der Waals surface area contributed by atoms with Gasteiger partial charge in [-0.15, -0.1) is 0 Å². The molecule has 0 saturated heterocycles. The number of rotatable bonds is 7. The third-order valence-electron chi connectivity index (χ3n) is 3.73. The van der Waals surface area contributed by atoms with Gasteiger partial charge in [0.15, 0.2) is 0 Å². The van der Waals surface area contributed by atoms with Crippen molar-refractivity contribution < 1.29 is 0 Å². The molecule has 0 saturated carbocycles. The summed E-state index contributed by atoms with van der Waals surface area (Å²) in [7, 11) is 0. The number of hydrogen-bond donors (Lipinski definition) is 1. The first kappa shape index (κ1) is 15.0. The molecule has 0 aliphatic carbocycles. The zero-order chi connectivity index (χ0) is 13.5. The Balaban J connectivity index is 2.71. The van der Waals surface area contributed by atoms with Crippen LogP contribution in [0.25, 0.3) is 0 Å². The molecule has 0 amide bonds. The number of hydrogen-bond acceptors (Lipinski definition) is 2. The molecule has 0 spiro atoms. The molecule has 0 radical (unpaired) electrons. The van der Waals surface area contributed by atoms with Crippen molar-refractivity contribution in [2.45, 2.75) is 59.5 Å². The van der Waals surface area contributed by atoms with Crippen LogP contribution in [0, 0.1) is 6.92 Å². The molecule has 0 bridgehead atoms. The summed E-state index contributed by atoms with van der Waals surface area (Å²) in [5, 5.41) is 0. The first-order valence-electron chi connectivity index (χ1n) is 7.17. The molecule has 1 rings (SSSR count). The van der Waals surface area contributed by atoms with Gasteiger partial charge in [0.2, 0.25) is 0 Å². The minimum absolute atomic E-state index is 0.648. The first-order chi connectivity index (χ1) is 8.58. The lowest BCUT2D eigenvalue weighted by Gasteiger charge is -2.28. The van der Waals surface area contributed by atoms with Crippen molar-refractivity contribution in [3.63, 3.8) is 0 Å². The fourth-order valence-electron chi connectivity index (χ4n) is 2.15. The fourth-order valence-corrected chi connectivity index (χ4v) is 2.15. The summed E-state index contributed by atoms with van der Waals surface area (Å²) in [6.07, 6.45) is 3.74. The summed E-state index contributed by atoms with van der Waals surface area (Å²) in [4.78, 5) is 2.58. The number of unbranched alkanes of at least 4 members (excludes halogenated alkanes) is 1. The molecule has 1 aromatic rings. The molecular weight excluding hydrogens is 220 g/mol. The summed E-state index contributed by atoms with van der Waals surface area (Å²) >= 11 is 0. The molecule has 2 N–H and O–H groups in total. The van der Waals surface area contributed by atoms with Gasteiger partial charge in [0, 0.05) is 18.3 Å². The van der Waals surface area contributed by atoms with Crippen LogP contribution in [-0.2, 0) is 6.54 Å². The molecule has 1 atom stereocenters. The minimum Gasteiger partial charge on any atom is -0.399 e. The third kappa shape index (κ3) is 4.34. The summed E-state index contributed by atoms with van der Waals surface area (Å²) in [6, 6.07) is 7.05. The van der Waals surface area contributed by atoms with Gasteiger partial charge in [0.1, 0.15) is 0 Å². The topological polar surface area (TPSA) is 29.3 Å². The van der Waals surface area contributed by atoms with Crippen molar-refractivity contribution in [3.8, 4) is 0 Å². The normalized spacial score (nSPS) is 12.9. The second-order valence-corrected chi connectivity index (χ2v) is 5.27. The van der Waals surface area contributed by atoms with Crippen LogP contribution in [0.4, 0.5) is 5.69 Å².